The van der Waals surface area contributed by atoms with Crippen molar-refractivity contribution in [1.82, 2.24) is 20.9 Å². The van der Waals surface area contributed by atoms with E-state index in [1.54, 1.807) is 0 Å². The van der Waals surface area contributed by atoms with Crippen LogP contribution in [0.25, 0.3) is 0 Å². The fourth-order valence-electron chi connectivity index (χ4n) is 4.72. The minimum atomic E-state index is -0.775. The van der Waals surface area contributed by atoms with Crippen molar-refractivity contribution in [2.75, 3.05) is 26.2 Å². The number of hydrogen-bond acceptors (Lipinski definition) is 3. The lowest BCUT2D eigenvalue weighted by molar-refractivity contribution is -0.125. The summed E-state index contributed by atoms with van der Waals surface area (Å²) in [6.07, 6.45) is 7.23. The monoisotopic (exact) mass is 361 g/mol. The van der Waals surface area contributed by atoms with E-state index in [-0.39, 0.29) is 17.9 Å². The van der Waals surface area contributed by atoms with Gasteiger partial charge in [0.15, 0.2) is 5.96 Å². The first-order valence-corrected chi connectivity index (χ1v) is 10.1. The lowest BCUT2D eigenvalue weighted by Crippen LogP contribution is -2.55. The number of likely N-dealkylation sites (tertiary alicyclic amines) is 1. The molecule has 3 amide bonds. The summed E-state index contributed by atoms with van der Waals surface area (Å²) in [6, 6.07) is -0.371. The number of urea groups is 1. The van der Waals surface area contributed by atoms with E-state index in [2.05, 4.69) is 27.8 Å². The fourth-order valence-corrected chi connectivity index (χ4v) is 4.72. The highest BCUT2D eigenvalue weighted by Gasteiger charge is 2.53. The van der Waals surface area contributed by atoms with Gasteiger partial charge in [0.1, 0.15) is 5.54 Å². The van der Waals surface area contributed by atoms with Crippen LogP contribution in [-0.2, 0) is 4.79 Å². The molecule has 0 aromatic heterocycles. The van der Waals surface area contributed by atoms with Gasteiger partial charge in [-0.3, -0.25) is 15.1 Å². The molecule has 26 heavy (non-hydrogen) atoms. The van der Waals surface area contributed by atoms with Crippen LogP contribution in [0.15, 0.2) is 4.99 Å². The summed E-state index contributed by atoms with van der Waals surface area (Å²) in [5.41, 5.74) is -0.263. The molecular weight excluding hydrogens is 330 g/mol. The molecular formula is C19H31N5O2. The second kappa shape index (κ2) is 6.43. The molecule has 7 heteroatoms. The van der Waals surface area contributed by atoms with Gasteiger partial charge in [-0.2, -0.15) is 0 Å². The molecule has 144 valence electrons. The largest absolute Gasteiger partial charge is 0.357 e. The van der Waals surface area contributed by atoms with Gasteiger partial charge in [-0.1, -0.05) is 0 Å². The van der Waals surface area contributed by atoms with Gasteiger partial charge >= 0.3 is 6.03 Å². The van der Waals surface area contributed by atoms with Crippen LogP contribution in [0.2, 0.25) is 0 Å². The van der Waals surface area contributed by atoms with Crippen LogP contribution in [0.4, 0.5) is 4.79 Å². The summed E-state index contributed by atoms with van der Waals surface area (Å²) in [5.74, 6) is 1.91. The SMILES string of the molecule is CCNC(=NCC1(C2CC2)CC1)N1CCC(C2(C)NC(=O)NC2=O)CC1. The minimum absolute atomic E-state index is 0.161. The maximum Gasteiger partial charge on any atom is 0.322 e. The van der Waals surface area contributed by atoms with Gasteiger partial charge in [0.05, 0.1) is 0 Å². The zero-order valence-corrected chi connectivity index (χ0v) is 15.9. The highest BCUT2D eigenvalue weighted by atomic mass is 16.2. The predicted octanol–water partition coefficient (Wildman–Crippen LogP) is 1.45. The molecule has 0 bridgehead atoms. The molecule has 0 radical (unpaired) electrons. The number of piperidine rings is 1. The number of imide groups is 1. The van der Waals surface area contributed by atoms with Crippen LogP contribution in [-0.4, -0.2) is 54.5 Å². The molecule has 2 saturated carbocycles. The normalized spacial score (nSPS) is 31.6. The molecule has 0 aromatic rings. The zero-order chi connectivity index (χ0) is 18.4. The Kier molecular flexibility index (Phi) is 4.35. The Labute approximate surface area is 155 Å². The first kappa shape index (κ1) is 17.6. The number of nitrogens with zero attached hydrogens (tertiary/aromatic N) is 2. The number of rotatable bonds is 5. The molecule has 0 aromatic carbocycles. The third kappa shape index (κ3) is 3.16. The Morgan fingerprint density at radius 3 is 2.38 bits per heavy atom. The molecule has 4 rings (SSSR count). The molecule has 3 N–H and O–H groups in total. The summed E-state index contributed by atoms with van der Waals surface area (Å²) >= 11 is 0. The number of nitrogens with one attached hydrogen (secondary N) is 3. The lowest BCUT2D eigenvalue weighted by Gasteiger charge is -2.39. The van der Waals surface area contributed by atoms with E-state index in [1.165, 1.54) is 25.7 Å². The minimum Gasteiger partial charge on any atom is -0.357 e. The van der Waals surface area contributed by atoms with E-state index in [0.29, 0.717) is 5.41 Å². The van der Waals surface area contributed by atoms with Crippen molar-refractivity contribution in [3.8, 4) is 0 Å². The summed E-state index contributed by atoms with van der Waals surface area (Å²) in [6.45, 7) is 7.51. The smallest absolute Gasteiger partial charge is 0.322 e. The average molecular weight is 361 g/mol. The number of aliphatic imine (C=N–C) groups is 1. The quantitative estimate of drug-likeness (QED) is 0.393. The standard InChI is InChI=1S/C19H31N5O2/c1-3-20-16(21-12-19(8-9-19)14-4-5-14)24-10-6-13(7-11-24)18(2)15(25)22-17(26)23-18/h13-14H,3-12H2,1-2H3,(H,20,21)(H2,22,23,25,26). The molecule has 1 unspecified atom stereocenters. The molecule has 2 heterocycles. The second-order valence-corrected chi connectivity index (χ2v) is 8.68. The predicted molar refractivity (Wildman–Crippen MR) is 99.7 cm³/mol. The van der Waals surface area contributed by atoms with Crippen molar-refractivity contribution in [1.29, 1.82) is 0 Å². The van der Waals surface area contributed by atoms with E-state index >= 15 is 0 Å². The summed E-state index contributed by atoms with van der Waals surface area (Å²) in [5, 5.41) is 8.66. The number of hydrogen-bond donors (Lipinski definition) is 3. The van der Waals surface area contributed by atoms with Gasteiger partial charge in [-0.25, -0.2) is 4.79 Å². The Balaban J connectivity index is 1.37. The highest BCUT2D eigenvalue weighted by Crippen LogP contribution is 2.61. The average Bonchev–Trinajstić information content (AvgIpc) is 3.52. The summed E-state index contributed by atoms with van der Waals surface area (Å²) in [4.78, 5) is 31.0. The number of guanidine groups is 1. The molecule has 2 aliphatic heterocycles. The first-order valence-electron chi connectivity index (χ1n) is 10.1. The van der Waals surface area contributed by atoms with Crippen LogP contribution in [0.3, 0.4) is 0 Å². The molecule has 7 nitrogen and oxygen atoms in total. The molecule has 0 spiro atoms. The van der Waals surface area contributed by atoms with Crippen LogP contribution in [0, 0.1) is 17.3 Å². The Morgan fingerprint density at radius 2 is 1.88 bits per heavy atom. The van der Waals surface area contributed by atoms with E-state index in [0.717, 1.165) is 50.9 Å². The Morgan fingerprint density at radius 1 is 1.19 bits per heavy atom. The highest BCUT2D eigenvalue weighted by molar-refractivity contribution is 6.07. The van der Waals surface area contributed by atoms with Crippen molar-refractivity contribution in [3.63, 3.8) is 0 Å². The van der Waals surface area contributed by atoms with Crippen molar-refractivity contribution >= 4 is 17.9 Å². The van der Waals surface area contributed by atoms with Gasteiger partial charge in [-0.15, -0.1) is 0 Å². The van der Waals surface area contributed by atoms with Crippen LogP contribution in [0.1, 0.15) is 52.4 Å². The van der Waals surface area contributed by atoms with Gasteiger partial charge < -0.3 is 15.5 Å². The number of amides is 3. The first-order chi connectivity index (χ1) is 12.5. The zero-order valence-electron chi connectivity index (χ0n) is 15.9. The van der Waals surface area contributed by atoms with Crippen molar-refractivity contribution in [3.05, 3.63) is 0 Å². The van der Waals surface area contributed by atoms with Crippen molar-refractivity contribution in [2.24, 2.45) is 22.2 Å². The Hall–Kier alpha value is -1.79. The maximum absolute atomic E-state index is 12.2. The lowest BCUT2D eigenvalue weighted by atomic mass is 9.79. The van der Waals surface area contributed by atoms with Gasteiger partial charge in [-0.05, 0) is 69.6 Å². The van der Waals surface area contributed by atoms with E-state index < -0.39 is 5.54 Å². The second-order valence-electron chi connectivity index (χ2n) is 8.68. The topological polar surface area (TPSA) is 85.8 Å². The summed E-state index contributed by atoms with van der Waals surface area (Å²) < 4.78 is 0. The Bertz CT molecular complexity index is 617. The molecule has 4 aliphatic rings. The van der Waals surface area contributed by atoms with E-state index in [4.69, 9.17) is 4.99 Å². The van der Waals surface area contributed by atoms with E-state index in [9.17, 15) is 9.59 Å². The van der Waals surface area contributed by atoms with E-state index in [1.807, 2.05) is 6.92 Å². The molecule has 2 saturated heterocycles. The van der Waals surface area contributed by atoms with Crippen LogP contribution < -0.4 is 16.0 Å². The molecule has 1 atom stereocenters. The van der Waals surface area contributed by atoms with Gasteiger partial charge in [0.25, 0.3) is 5.91 Å². The van der Waals surface area contributed by atoms with Gasteiger partial charge in [0, 0.05) is 26.2 Å². The third-order valence-corrected chi connectivity index (χ3v) is 6.90. The fraction of sp³-hybridized carbons (Fsp3) is 0.842. The molecule has 4 fully saturated rings. The number of carbonyl (C=O) groups is 2. The molecule has 2 aliphatic carbocycles. The van der Waals surface area contributed by atoms with Crippen LogP contribution in [0.5, 0.6) is 0 Å². The van der Waals surface area contributed by atoms with Crippen molar-refractivity contribution in [2.45, 2.75) is 57.9 Å². The number of carbonyl (C=O) groups excluding carboxylic acids is 2. The maximum atomic E-state index is 12.2. The third-order valence-electron chi connectivity index (χ3n) is 6.90. The van der Waals surface area contributed by atoms with Crippen molar-refractivity contribution < 1.29 is 9.59 Å². The van der Waals surface area contributed by atoms with Crippen LogP contribution >= 0.6 is 0 Å². The van der Waals surface area contributed by atoms with Gasteiger partial charge in [0.2, 0.25) is 0 Å². The summed E-state index contributed by atoms with van der Waals surface area (Å²) in [7, 11) is 0.